The van der Waals surface area contributed by atoms with Crippen molar-refractivity contribution in [1.82, 2.24) is 10.6 Å². The van der Waals surface area contributed by atoms with E-state index in [4.69, 9.17) is 0 Å². The topological polar surface area (TPSA) is 41.1 Å². The highest BCUT2D eigenvalue weighted by Gasteiger charge is 2.12. The number of carbonyl (C=O) groups is 1. The monoisotopic (exact) mass is 248 g/mol. The molecule has 0 radical (unpaired) electrons. The van der Waals surface area contributed by atoms with Gasteiger partial charge in [-0.1, -0.05) is 31.2 Å². The Hall–Kier alpha value is -1.35. The Balaban J connectivity index is 2.41. The molecule has 1 aromatic carbocycles. The Labute approximate surface area is 110 Å². The van der Waals surface area contributed by atoms with Gasteiger partial charge in [-0.2, -0.15) is 0 Å². The Bertz CT molecular complexity index is 371. The highest BCUT2D eigenvalue weighted by Crippen LogP contribution is 2.05. The minimum Gasteiger partial charge on any atom is -0.353 e. The van der Waals surface area contributed by atoms with Crippen molar-refractivity contribution in [3.05, 3.63) is 35.4 Å². The molecule has 2 N–H and O–H groups in total. The lowest BCUT2D eigenvalue weighted by Gasteiger charge is -2.16. The number of hydrogen-bond donors (Lipinski definition) is 2. The van der Waals surface area contributed by atoms with E-state index in [-0.39, 0.29) is 18.0 Å². The number of nitrogens with one attached hydrogen (secondary N) is 2. The number of hydrogen-bond acceptors (Lipinski definition) is 2. The summed E-state index contributed by atoms with van der Waals surface area (Å²) in [6, 6.07) is 8.51. The van der Waals surface area contributed by atoms with Crippen molar-refractivity contribution >= 4 is 5.91 Å². The predicted molar refractivity (Wildman–Crippen MR) is 75.4 cm³/mol. The van der Waals surface area contributed by atoms with Crippen molar-refractivity contribution in [3.63, 3.8) is 0 Å². The van der Waals surface area contributed by atoms with Gasteiger partial charge in [0, 0.05) is 12.6 Å². The van der Waals surface area contributed by atoms with Gasteiger partial charge in [0.2, 0.25) is 5.91 Å². The molecule has 0 saturated carbocycles. The molecule has 18 heavy (non-hydrogen) atoms. The van der Waals surface area contributed by atoms with Crippen LogP contribution in [0, 0.1) is 0 Å². The molecule has 1 unspecified atom stereocenters. The standard InChI is InChI=1S/C15H24N2O/c1-5-13-6-8-14(9-7-13)10-16-12(4)15(18)17-11(2)3/h6-9,11-12,16H,5,10H2,1-4H3,(H,17,18). The number of aryl methyl sites for hydroxylation is 1. The zero-order chi connectivity index (χ0) is 13.5. The zero-order valence-corrected chi connectivity index (χ0v) is 11.8. The SMILES string of the molecule is CCc1ccc(CNC(C)C(=O)NC(C)C)cc1. The summed E-state index contributed by atoms with van der Waals surface area (Å²) in [4.78, 5) is 11.7. The number of carbonyl (C=O) groups excluding carboxylic acids is 1. The summed E-state index contributed by atoms with van der Waals surface area (Å²) in [6.07, 6.45) is 1.06. The van der Waals surface area contributed by atoms with Gasteiger partial charge in [0.15, 0.2) is 0 Å². The first kappa shape index (κ1) is 14.7. The number of benzene rings is 1. The van der Waals surface area contributed by atoms with Crippen LogP contribution >= 0.6 is 0 Å². The largest absolute Gasteiger partial charge is 0.353 e. The second-order valence-corrected chi connectivity index (χ2v) is 4.94. The first-order chi connectivity index (χ1) is 8.52. The van der Waals surface area contributed by atoms with Crippen molar-refractivity contribution in [1.29, 1.82) is 0 Å². The molecule has 0 aliphatic heterocycles. The van der Waals surface area contributed by atoms with E-state index in [1.54, 1.807) is 0 Å². The summed E-state index contributed by atoms with van der Waals surface area (Å²) in [5.74, 6) is 0.0511. The molecule has 3 nitrogen and oxygen atoms in total. The fourth-order valence-electron chi connectivity index (χ4n) is 1.67. The van der Waals surface area contributed by atoms with Crippen molar-refractivity contribution in [2.24, 2.45) is 0 Å². The zero-order valence-electron chi connectivity index (χ0n) is 11.8. The van der Waals surface area contributed by atoms with Gasteiger partial charge in [0.05, 0.1) is 6.04 Å². The molecule has 0 aliphatic rings. The molecule has 1 rings (SSSR count). The van der Waals surface area contributed by atoms with Crippen LogP contribution in [-0.2, 0) is 17.8 Å². The van der Waals surface area contributed by atoms with Crippen LogP contribution in [0.4, 0.5) is 0 Å². The fraction of sp³-hybridized carbons (Fsp3) is 0.533. The van der Waals surface area contributed by atoms with Crippen LogP contribution in [0.3, 0.4) is 0 Å². The third-order valence-electron chi connectivity index (χ3n) is 2.87. The normalized spacial score (nSPS) is 12.5. The molecule has 1 amide bonds. The second-order valence-electron chi connectivity index (χ2n) is 4.94. The van der Waals surface area contributed by atoms with Crippen molar-refractivity contribution in [2.45, 2.75) is 52.7 Å². The van der Waals surface area contributed by atoms with E-state index in [0.717, 1.165) is 13.0 Å². The molecule has 0 aliphatic carbocycles. The molecular formula is C15H24N2O. The van der Waals surface area contributed by atoms with Gasteiger partial charge in [-0.05, 0) is 38.3 Å². The molecular weight excluding hydrogens is 224 g/mol. The van der Waals surface area contributed by atoms with Gasteiger partial charge < -0.3 is 10.6 Å². The second kappa shape index (κ2) is 7.17. The van der Waals surface area contributed by atoms with E-state index in [0.29, 0.717) is 0 Å². The molecule has 3 heteroatoms. The van der Waals surface area contributed by atoms with Crippen LogP contribution in [0.25, 0.3) is 0 Å². The van der Waals surface area contributed by atoms with E-state index in [1.165, 1.54) is 11.1 Å². The lowest BCUT2D eigenvalue weighted by Crippen LogP contribution is -2.44. The van der Waals surface area contributed by atoms with E-state index in [2.05, 4.69) is 41.8 Å². The number of amides is 1. The van der Waals surface area contributed by atoms with E-state index < -0.39 is 0 Å². The third kappa shape index (κ3) is 4.88. The van der Waals surface area contributed by atoms with Crippen LogP contribution in [-0.4, -0.2) is 18.0 Å². The maximum absolute atomic E-state index is 11.7. The lowest BCUT2D eigenvalue weighted by atomic mass is 10.1. The van der Waals surface area contributed by atoms with Crippen LogP contribution in [0.1, 0.15) is 38.8 Å². The van der Waals surface area contributed by atoms with E-state index >= 15 is 0 Å². The van der Waals surface area contributed by atoms with Crippen molar-refractivity contribution in [2.75, 3.05) is 0 Å². The van der Waals surface area contributed by atoms with Gasteiger partial charge in [0.25, 0.3) is 0 Å². The summed E-state index contributed by atoms with van der Waals surface area (Å²) in [5.41, 5.74) is 2.54. The molecule has 100 valence electrons. The minimum atomic E-state index is -0.168. The van der Waals surface area contributed by atoms with Crippen molar-refractivity contribution in [3.8, 4) is 0 Å². The average molecular weight is 248 g/mol. The lowest BCUT2D eigenvalue weighted by molar-refractivity contribution is -0.123. The van der Waals surface area contributed by atoms with Crippen molar-refractivity contribution < 1.29 is 4.79 Å². The maximum Gasteiger partial charge on any atom is 0.237 e. The van der Waals surface area contributed by atoms with Gasteiger partial charge >= 0.3 is 0 Å². The van der Waals surface area contributed by atoms with Gasteiger partial charge in [0.1, 0.15) is 0 Å². The molecule has 0 saturated heterocycles. The highest BCUT2D eigenvalue weighted by molar-refractivity contribution is 5.81. The Morgan fingerprint density at radius 3 is 2.17 bits per heavy atom. The van der Waals surface area contributed by atoms with E-state index in [1.807, 2.05) is 20.8 Å². The number of rotatable bonds is 6. The molecule has 1 aromatic rings. The third-order valence-corrected chi connectivity index (χ3v) is 2.87. The summed E-state index contributed by atoms with van der Waals surface area (Å²) in [7, 11) is 0. The fourth-order valence-corrected chi connectivity index (χ4v) is 1.67. The molecule has 0 fully saturated rings. The Kier molecular flexibility index (Phi) is 5.86. The quantitative estimate of drug-likeness (QED) is 0.810. The molecule has 0 heterocycles. The predicted octanol–water partition coefficient (Wildman–Crippen LogP) is 2.25. The molecule has 0 aromatic heterocycles. The van der Waals surface area contributed by atoms with Crippen LogP contribution in [0.2, 0.25) is 0 Å². The first-order valence-electron chi connectivity index (χ1n) is 6.64. The molecule has 0 bridgehead atoms. The Morgan fingerprint density at radius 2 is 1.67 bits per heavy atom. The van der Waals surface area contributed by atoms with Gasteiger partial charge in [-0.25, -0.2) is 0 Å². The average Bonchev–Trinajstić information content (AvgIpc) is 2.35. The highest BCUT2D eigenvalue weighted by atomic mass is 16.2. The summed E-state index contributed by atoms with van der Waals surface area (Å²) >= 11 is 0. The summed E-state index contributed by atoms with van der Waals surface area (Å²) in [6.45, 7) is 8.68. The smallest absolute Gasteiger partial charge is 0.237 e. The molecule has 1 atom stereocenters. The Morgan fingerprint density at radius 1 is 1.11 bits per heavy atom. The first-order valence-corrected chi connectivity index (χ1v) is 6.64. The van der Waals surface area contributed by atoms with Gasteiger partial charge in [-0.15, -0.1) is 0 Å². The van der Waals surface area contributed by atoms with E-state index in [9.17, 15) is 4.79 Å². The molecule has 0 spiro atoms. The van der Waals surface area contributed by atoms with Crippen LogP contribution in [0.5, 0.6) is 0 Å². The summed E-state index contributed by atoms with van der Waals surface area (Å²) in [5, 5.41) is 6.13. The van der Waals surface area contributed by atoms with Crippen LogP contribution < -0.4 is 10.6 Å². The maximum atomic E-state index is 11.7. The minimum absolute atomic E-state index is 0.0511. The van der Waals surface area contributed by atoms with Crippen LogP contribution in [0.15, 0.2) is 24.3 Å². The van der Waals surface area contributed by atoms with Gasteiger partial charge in [-0.3, -0.25) is 4.79 Å². The summed E-state index contributed by atoms with van der Waals surface area (Å²) < 4.78 is 0.